The molecular formula is C16H21NO3. The van der Waals surface area contributed by atoms with Gasteiger partial charge < -0.3 is 14.9 Å². The second-order valence-electron chi connectivity index (χ2n) is 5.44. The summed E-state index contributed by atoms with van der Waals surface area (Å²) >= 11 is 0. The molecule has 1 unspecified atom stereocenters. The van der Waals surface area contributed by atoms with E-state index in [2.05, 4.69) is 16.7 Å². The van der Waals surface area contributed by atoms with Gasteiger partial charge in [0.05, 0.1) is 12.7 Å². The Balaban J connectivity index is 2.16. The van der Waals surface area contributed by atoms with E-state index in [1.807, 2.05) is 25.1 Å². The van der Waals surface area contributed by atoms with E-state index < -0.39 is 5.60 Å². The van der Waals surface area contributed by atoms with Gasteiger partial charge in [-0.15, -0.1) is 0 Å². The molecule has 0 saturated carbocycles. The van der Waals surface area contributed by atoms with Crippen molar-refractivity contribution in [2.75, 3.05) is 26.8 Å². The highest BCUT2D eigenvalue weighted by atomic mass is 16.5. The number of aliphatic hydroxyl groups excluding tert-OH is 1. The van der Waals surface area contributed by atoms with E-state index in [1.54, 1.807) is 7.11 Å². The molecule has 1 atom stereocenters. The van der Waals surface area contributed by atoms with Crippen LogP contribution in [0.25, 0.3) is 0 Å². The molecule has 2 rings (SSSR count). The van der Waals surface area contributed by atoms with Gasteiger partial charge in [0.15, 0.2) is 0 Å². The molecule has 1 aliphatic heterocycles. The third-order valence-electron chi connectivity index (χ3n) is 3.52. The lowest BCUT2D eigenvalue weighted by Crippen LogP contribution is -2.29. The van der Waals surface area contributed by atoms with Gasteiger partial charge in [-0.25, -0.2) is 0 Å². The zero-order chi connectivity index (χ0) is 14.6. The van der Waals surface area contributed by atoms with Gasteiger partial charge in [-0.2, -0.15) is 0 Å². The third kappa shape index (κ3) is 3.73. The van der Waals surface area contributed by atoms with Crippen LogP contribution in [-0.4, -0.2) is 47.5 Å². The predicted octanol–water partition coefficient (Wildman–Crippen LogP) is 0.996. The van der Waals surface area contributed by atoms with E-state index >= 15 is 0 Å². The van der Waals surface area contributed by atoms with E-state index in [0.717, 1.165) is 36.4 Å². The normalized spacial score (nSPS) is 22.4. The van der Waals surface area contributed by atoms with Crippen LogP contribution in [-0.2, 0) is 6.54 Å². The molecule has 0 spiro atoms. The van der Waals surface area contributed by atoms with Crippen LogP contribution in [0.4, 0.5) is 0 Å². The fraction of sp³-hybridized carbons (Fsp3) is 0.500. The van der Waals surface area contributed by atoms with Crippen LogP contribution in [0.5, 0.6) is 5.75 Å². The van der Waals surface area contributed by atoms with Crippen LogP contribution in [0.1, 0.15) is 24.5 Å². The Morgan fingerprint density at radius 3 is 2.85 bits per heavy atom. The summed E-state index contributed by atoms with van der Waals surface area (Å²) in [7, 11) is 1.65. The lowest BCUT2D eigenvalue weighted by Gasteiger charge is -2.20. The molecule has 0 aliphatic carbocycles. The molecule has 20 heavy (non-hydrogen) atoms. The molecule has 1 heterocycles. The summed E-state index contributed by atoms with van der Waals surface area (Å²) in [5.74, 6) is 6.38. The molecular weight excluding hydrogens is 254 g/mol. The number of hydrogen-bond donors (Lipinski definition) is 2. The SMILES string of the molecule is COc1ccc(C#CCO)cc1CN1CCC(C)(O)C1. The van der Waals surface area contributed by atoms with Gasteiger partial charge in [-0.05, 0) is 31.5 Å². The molecule has 4 nitrogen and oxygen atoms in total. The molecule has 1 aromatic carbocycles. The molecule has 2 N–H and O–H groups in total. The molecule has 1 aliphatic rings. The fourth-order valence-electron chi connectivity index (χ4n) is 2.54. The predicted molar refractivity (Wildman–Crippen MR) is 77.5 cm³/mol. The van der Waals surface area contributed by atoms with Crippen molar-refractivity contribution >= 4 is 0 Å². The Morgan fingerprint density at radius 1 is 1.45 bits per heavy atom. The van der Waals surface area contributed by atoms with Crippen LogP contribution in [0, 0.1) is 11.8 Å². The quantitative estimate of drug-likeness (QED) is 0.808. The first kappa shape index (κ1) is 14.9. The molecule has 108 valence electrons. The van der Waals surface area contributed by atoms with Gasteiger partial charge in [-0.3, -0.25) is 4.90 Å². The highest BCUT2D eigenvalue weighted by Crippen LogP contribution is 2.26. The van der Waals surface area contributed by atoms with Gasteiger partial charge in [0.25, 0.3) is 0 Å². The summed E-state index contributed by atoms with van der Waals surface area (Å²) in [4.78, 5) is 2.21. The first-order chi connectivity index (χ1) is 9.54. The van der Waals surface area contributed by atoms with E-state index in [0.29, 0.717) is 6.54 Å². The van der Waals surface area contributed by atoms with Crippen molar-refractivity contribution in [3.8, 4) is 17.6 Å². The summed E-state index contributed by atoms with van der Waals surface area (Å²) < 4.78 is 5.38. The van der Waals surface area contributed by atoms with E-state index in [1.165, 1.54) is 0 Å². The van der Waals surface area contributed by atoms with E-state index in [-0.39, 0.29) is 6.61 Å². The first-order valence-electron chi connectivity index (χ1n) is 6.75. The minimum absolute atomic E-state index is 0.143. The Kier molecular flexibility index (Phi) is 4.66. The zero-order valence-electron chi connectivity index (χ0n) is 12.0. The Morgan fingerprint density at radius 2 is 2.25 bits per heavy atom. The van der Waals surface area contributed by atoms with Gasteiger partial charge in [-0.1, -0.05) is 11.8 Å². The highest BCUT2D eigenvalue weighted by molar-refractivity contribution is 5.44. The van der Waals surface area contributed by atoms with Crippen LogP contribution in [0.15, 0.2) is 18.2 Å². The molecule has 1 aromatic rings. The van der Waals surface area contributed by atoms with Crippen LogP contribution < -0.4 is 4.74 Å². The first-order valence-corrected chi connectivity index (χ1v) is 6.75. The standard InChI is InChI=1S/C16H21NO3/c1-16(19)7-8-17(12-16)11-14-10-13(4-3-9-18)5-6-15(14)20-2/h5-6,10,18-19H,7-9,11-12H2,1-2H3. The summed E-state index contributed by atoms with van der Waals surface area (Å²) in [5.41, 5.74) is 1.32. The number of β-amino-alcohol motifs (C(OH)–C–C–N with tert-alkyl or cyclic N) is 1. The van der Waals surface area contributed by atoms with Gasteiger partial charge in [0.1, 0.15) is 12.4 Å². The summed E-state index contributed by atoms with van der Waals surface area (Å²) in [6, 6.07) is 5.75. The number of rotatable bonds is 3. The molecule has 0 amide bonds. The van der Waals surface area contributed by atoms with Gasteiger partial charge in [0.2, 0.25) is 0 Å². The van der Waals surface area contributed by atoms with Crippen molar-refractivity contribution in [2.45, 2.75) is 25.5 Å². The second kappa shape index (κ2) is 6.27. The Hall–Kier alpha value is -1.54. The summed E-state index contributed by atoms with van der Waals surface area (Å²) in [6.07, 6.45) is 0.791. The maximum atomic E-state index is 10.0. The average Bonchev–Trinajstić information content (AvgIpc) is 2.76. The summed E-state index contributed by atoms with van der Waals surface area (Å²) in [6.45, 7) is 4.00. The largest absolute Gasteiger partial charge is 0.496 e. The van der Waals surface area contributed by atoms with Crippen molar-refractivity contribution in [1.29, 1.82) is 0 Å². The lowest BCUT2D eigenvalue weighted by atomic mass is 10.1. The smallest absolute Gasteiger partial charge is 0.123 e. The number of likely N-dealkylation sites (tertiary alicyclic amines) is 1. The molecule has 1 saturated heterocycles. The van der Waals surface area contributed by atoms with E-state index in [4.69, 9.17) is 9.84 Å². The maximum absolute atomic E-state index is 10.0. The molecule has 0 bridgehead atoms. The van der Waals surface area contributed by atoms with Crippen LogP contribution >= 0.6 is 0 Å². The minimum Gasteiger partial charge on any atom is -0.496 e. The maximum Gasteiger partial charge on any atom is 0.123 e. The molecule has 0 radical (unpaired) electrons. The number of aliphatic hydroxyl groups is 2. The number of methoxy groups -OCH3 is 1. The monoisotopic (exact) mass is 275 g/mol. The van der Waals surface area contributed by atoms with Crippen molar-refractivity contribution in [3.63, 3.8) is 0 Å². The summed E-state index contributed by atoms with van der Waals surface area (Å²) in [5, 5.41) is 18.8. The fourth-order valence-corrected chi connectivity index (χ4v) is 2.54. The minimum atomic E-state index is -0.596. The molecule has 0 aromatic heterocycles. The van der Waals surface area contributed by atoms with Crippen molar-refractivity contribution < 1.29 is 14.9 Å². The molecule has 1 fully saturated rings. The van der Waals surface area contributed by atoms with Gasteiger partial charge >= 0.3 is 0 Å². The van der Waals surface area contributed by atoms with Crippen molar-refractivity contribution in [1.82, 2.24) is 4.90 Å². The number of ether oxygens (including phenoxy) is 1. The van der Waals surface area contributed by atoms with E-state index in [9.17, 15) is 5.11 Å². The van der Waals surface area contributed by atoms with Crippen LogP contribution in [0.3, 0.4) is 0 Å². The second-order valence-corrected chi connectivity index (χ2v) is 5.44. The van der Waals surface area contributed by atoms with Gasteiger partial charge in [0, 0.05) is 30.8 Å². The zero-order valence-corrected chi connectivity index (χ0v) is 12.0. The molecule has 4 heteroatoms. The van der Waals surface area contributed by atoms with Crippen LogP contribution in [0.2, 0.25) is 0 Å². The Labute approximate surface area is 120 Å². The Bertz CT molecular complexity index is 528. The number of nitrogens with zero attached hydrogens (tertiary/aromatic N) is 1. The highest BCUT2D eigenvalue weighted by Gasteiger charge is 2.31. The topological polar surface area (TPSA) is 52.9 Å². The number of benzene rings is 1. The van der Waals surface area contributed by atoms with Crippen molar-refractivity contribution in [2.24, 2.45) is 0 Å². The third-order valence-corrected chi connectivity index (χ3v) is 3.52. The lowest BCUT2D eigenvalue weighted by molar-refractivity contribution is 0.0678. The average molecular weight is 275 g/mol. The number of hydrogen-bond acceptors (Lipinski definition) is 4. The van der Waals surface area contributed by atoms with Crippen molar-refractivity contribution in [3.05, 3.63) is 29.3 Å².